The molecule has 1 unspecified atom stereocenters. The Morgan fingerprint density at radius 1 is 1.45 bits per heavy atom. The summed E-state index contributed by atoms with van der Waals surface area (Å²) in [5.74, 6) is -2.66. The zero-order chi connectivity index (χ0) is 15.3. The molecule has 0 aromatic heterocycles. The number of carbonyl (C=O) groups excluding carboxylic acids is 1. The number of carbonyl (C=O) groups is 2. The van der Waals surface area contributed by atoms with Gasteiger partial charge in [-0.2, -0.15) is 0 Å². The number of nitrogens with one attached hydrogen (secondary N) is 1. The fourth-order valence-electron chi connectivity index (χ4n) is 1.50. The number of carboxylic acids is 1. The van der Waals surface area contributed by atoms with Crippen LogP contribution in [0, 0.1) is 10.1 Å². The zero-order valence-corrected chi connectivity index (χ0v) is 10.6. The van der Waals surface area contributed by atoms with Gasteiger partial charge in [0.1, 0.15) is 0 Å². The van der Waals surface area contributed by atoms with Gasteiger partial charge in [0.05, 0.1) is 17.4 Å². The van der Waals surface area contributed by atoms with Crippen LogP contribution in [0.2, 0.25) is 0 Å². The molecule has 1 rings (SSSR count). The molecule has 0 saturated carbocycles. The number of benzene rings is 1. The van der Waals surface area contributed by atoms with E-state index in [9.17, 15) is 19.7 Å². The maximum absolute atomic E-state index is 11.8. The number of aliphatic hydroxyl groups excluding tert-OH is 1. The number of aliphatic carboxylic acids is 1. The first-order valence-electron chi connectivity index (χ1n) is 5.76. The minimum absolute atomic E-state index is 0.132. The van der Waals surface area contributed by atoms with E-state index in [-0.39, 0.29) is 5.69 Å². The molecule has 1 aromatic rings. The Hall–Kier alpha value is -2.48. The van der Waals surface area contributed by atoms with E-state index in [4.69, 9.17) is 10.2 Å². The molecule has 0 saturated heterocycles. The molecule has 108 valence electrons. The first-order valence-corrected chi connectivity index (χ1v) is 5.76. The Morgan fingerprint density at radius 2 is 2.10 bits per heavy atom. The fraction of sp³-hybridized carbons (Fsp3) is 0.333. The lowest BCUT2D eigenvalue weighted by Crippen LogP contribution is -2.38. The topological polar surface area (TPSA) is 130 Å². The largest absolute Gasteiger partial charge is 0.479 e. The molecule has 8 nitrogen and oxygen atoms in total. The molecule has 1 aromatic carbocycles. The van der Waals surface area contributed by atoms with E-state index in [0.717, 1.165) is 0 Å². The van der Waals surface area contributed by atoms with Crippen molar-refractivity contribution in [1.82, 2.24) is 5.32 Å². The van der Waals surface area contributed by atoms with Crippen molar-refractivity contribution >= 4 is 17.6 Å². The van der Waals surface area contributed by atoms with E-state index in [0.29, 0.717) is 5.56 Å². The average molecular weight is 282 g/mol. The predicted octanol–water partition coefficient (Wildman–Crippen LogP) is 0.260. The summed E-state index contributed by atoms with van der Waals surface area (Å²) in [4.78, 5) is 32.2. The van der Waals surface area contributed by atoms with Gasteiger partial charge in [-0.25, -0.2) is 4.79 Å². The quantitative estimate of drug-likeness (QED) is 0.507. The molecule has 0 aliphatic carbocycles. The minimum Gasteiger partial charge on any atom is -0.479 e. The van der Waals surface area contributed by atoms with Gasteiger partial charge in [-0.05, 0) is 12.5 Å². The lowest BCUT2D eigenvalue weighted by molar-refractivity contribution is -0.384. The summed E-state index contributed by atoms with van der Waals surface area (Å²) in [6.45, 7) is 1.11. The van der Waals surface area contributed by atoms with Crippen LogP contribution in [-0.2, 0) is 9.59 Å². The third kappa shape index (κ3) is 4.02. The first kappa shape index (κ1) is 15.6. The van der Waals surface area contributed by atoms with Crippen LogP contribution < -0.4 is 5.32 Å². The number of carboxylic acid groups (broad SMARTS) is 1. The van der Waals surface area contributed by atoms with Crippen LogP contribution >= 0.6 is 0 Å². The zero-order valence-electron chi connectivity index (χ0n) is 10.6. The highest BCUT2D eigenvalue weighted by Gasteiger charge is 2.20. The molecule has 0 aliphatic heterocycles. The second-order valence-corrected chi connectivity index (χ2v) is 4.17. The van der Waals surface area contributed by atoms with Crippen molar-refractivity contribution < 1.29 is 24.7 Å². The van der Waals surface area contributed by atoms with Crippen LogP contribution in [-0.4, -0.2) is 39.7 Å². The fourth-order valence-corrected chi connectivity index (χ4v) is 1.50. The number of aliphatic hydroxyl groups is 1. The normalized spacial score (nSPS) is 13.3. The van der Waals surface area contributed by atoms with Crippen molar-refractivity contribution in [3.63, 3.8) is 0 Å². The van der Waals surface area contributed by atoms with Crippen molar-refractivity contribution in [3.05, 3.63) is 39.9 Å². The molecule has 0 radical (unpaired) electrons. The van der Waals surface area contributed by atoms with Gasteiger partial charge in [-0.3, -0.25) is 14.9 Å². The van der Waals surface area contributed by atoms with E-state index in [1.165, 1.54) is 25.1 Å². The van der Waals surface area contributed by atoms with Crippen LogP contribution in [0.1, 0.15) is 18.4 Å². The Balaban J connectivity index is 2.71. The SMILES string of the molecule is CC(C(=O)NC[C@H](O)C(=O)O)c1cccc([N+](=O)[O-])c1. The number of amides is 1. The lowest BCUT2D eigenvalue weighted by atomic mass is 10.00. The Bertz CT molecular complexity index is 530. The lowest BCUT2D eigenvalue weighted by Gasteiger charge is -2.13. The maximum atomic E-state index is 11.8. The Kier molecular flexibility index (Phi) is 5.15. The average Bonchev–Trinajstić information content (AvgIpc) is 2.43. The first-order chi connectivity index (χ1) is 9.32. The number of nitrogens with zero attached hydrogens (tertiary/aromatic N) is 1. The van der Waals surface area contributed by atoms with Crippen LogP contribution in [0.3, 0.4) is 0 Å². The number of nitro groups is 1. The number of non-ortho nitro benzene ring substituents is 1. The van der Waals surface area contributed by atoms with Gasteiger partial charge in [0.2, 0.25) is 5.91 Å². The number of nitro benzene ring substituents is 1. The van der Waals surface area contributed by atoms with Gasteiger partial charge in [0.15, 0.2) is 6.10 Å². The Morgan fingerprint density at radius 3 is 2.65 bits per heavy atom. The third-order valence-corrected chi connectivity index (χ3v) is 2.73. The van der Waals surface area contributed by atoms with Crippen molar-refractivity contribution in [2.24, 2.45) is 0 Å². The summed E-state index contributed by atoms with van der Waals surface area (Å²) in [6.07, 6.45) is -1.68. The van der Waals surface area contributed by atoms with Crippen LogP contribution in [0.15, 0.2) is 24.3 Å². The van der Waals surface area contributed by atoms with E-state index >= 15 is 0 Å². The summed E-state index contributed by atoms with van der Waals surface area (Å²) in [5.41, 5.74) is 0.300. The molecule has 0 heterocycles. The molecule has 8 heteroatoms. The highest BCUT2D eigenvalue weighted by molar-refractivity contribution is 5.84. The molecular weight excluding hydrogens is 268 g/mol. The summed E-state index contributed by atoms with van der Waals surface area (Å²) in [5, 5.41) is 30.4. The van der Waals surface area contributed by atoms with Crippen molar-refractivity contribution in [2.75, 3.05) is 6.54 Å². The summed E-state index contributed by atoms with van der Waals surface area (Å²) in [7, 11) is 0. The standard InChI is InChI=1S/C12H14N2O6/c1-7(11(16)13-6-10(15)12(17)18)8-3-2-4-9(5-8)14(19)20/h2-5,7,10,15H,6H2,1H3,(H,13,16)(H,17,18)/t7?,10-/m0/s1. The molecule has 2 atom stereocenters. The van der Waals surface area contributed by atoms with E-state index in [2.05, 4.69) is 5.32 Å². The molecule has 3 N–H and O–H groups in total. The summed E-state index contributed by atoms with van der Waals surface area (Å²) in [6, 6.07) is 5.61. The number of rotatable bonds is 6. The van der Waals surface area contributed by atoms with Gasteiger partial charge < -0.3 is 15.5 Å². The van der Waals surface area contributed by atoms with Gasteiger partial charge in [-0.1, -0.05) is 12.1 Å². The highest BCUT2D eigenvalue weighted by atomic mass is 16.6. The monoisotopic (exact) mass is 282 g/mol. The van der Waals surface area contributed by atoms with Crippen molar-refractivity contribution in [1.29, 1.82) is 0 Å². The van der Waals surface area contributed by atoms with Crippen molar-refractivity contribution in [3.8, 4) is 0 Å². The van der Waals surface area contributed by atoms with Crippen LogP contribution in [0.5, 0.6) is 0 Å². The summed E-state index contributed by atoms with van der Waals surface area (Å²) < 4.78 is 0. The predicted molar refractivity (Wildman–Crippen MR) is 68.2 cm³/mol. The maximum Gasteiger partial charge on any atom is 0.334 e. The molecule has 20 heavy (non-hydrogen) atoms. The number of hydrogen-bond donors (Lipinski definition) is 3. The number of hydrogen-bond acceptors (Lipinski definition) is 5. The molecule has 0 spiro atoms. The van der Waals surface area contributed by atoms with Gasteiger partial charge in [0, 0.05) is 12.1 Å². The van der Waals surface area contributed by atoms with E-state index in [1.54, 1.807) is 6.07 Å². The highest BCUT2D eigenvalue weighted by Crippen LogP contribution is 2.20. The smallest absolute Gasteiger partial charge is 0.334 e. The molecular formula is C12H14N2O6. The van der Waals surface area contributed by atoms with Crippen molar-refractivity contribution in [2.45, 2.75) is 18.9 Å². The molecule has 1 amide bonds. The van der Waals surface area contributed by atoms with Gasteiger partial charge >= 0.3 is 5.97 Å². The Labute approximate surface area is 114 Å². The van der Waals surface area contributed by atoms with E-state index in [1.807, 2.05) is 0 Å². The van der Waals surface area contributed by atoms with Gasteiger partial charge in [-0.15, -0.1) is 0 Å². The second-order valence-electron chi connectivity index (χ2n) is 4.17. The minimum atomic E-state index is -1.68. The summed E-state index contributed by atoms with van der Waals surface area (Å²) >= 11 is 0. The van der Waals surface area contributed by atoms with E-state index < -0.39 is 35.4 Å². The molecule has 0 bridgehead atoms. The van der Waals surface area contributed by atoms with Crippen LogP contribution in [0.4, 0.5) is 5.69 Å². The molecule has 0 fully saturated rings. The van der Waals surface area contributed by atoms with Gasteiger partial charge in [0.25, 0.3) is 5.69 Å². The third-order valence-electron chi connectivity index (χ3n) is 2.73. The second kappa shape index (κ2) is 6.62. The molecule has 0 aliphatic rings. The van der Waals surface area contributed by atoms with Crippen LogP contribution in [0.25, 0.3) is 0 Å².